The summed E-state index contributed by atoms with van der Waals surface area (Å²) in [6.45, 7) is 10.0. The van der Waals surface area contributed by atoms with Crippen LogP contribution >= 0.6 is 0 Å². The minimum absolute atomic E-state index is 0.295. The topological polar surface area (TPSA) is 29.5 Å². The number of hydrogen-bond acceptors (Lipinski definition) is 2. The molecule has 20 heavy (non-hydrogen) atoms. The fraction of sp³-hybridized carbons (Fsp3) is 0.444. The van der Waals surface area contributed by atoms with Gasteiger partial charge in [0.15, 0.2) is 0 Å². The van der Waals surface area contributed by atoms with Crippen molar-refractivity contribution in [2.75, 3.05) is 0 Å². The first-order valence-corrected chi connectivity index (χ1v) is 7.37. The van der Waals surface area contributed by atoms with Gasteiger partial charge in [0.1, 0.15) is 17.1 Å². The van der Waals surface area contributed by atoms with Gasteiger partial charge in [-0.2, -0.15) is 0 Å². The molecule has 0 unspecified atom stereocenters. The van der Waals surface area contributed by atoms with E-state index in [0.717, 1.165) is 35.3 Å². The summed E-state index contributed by atoms with van der Waals surface area (Å²) in [7, 11) is 0. The highest BCUT2D eigenvalue weighted by Gasteiger charge is 2.29. The summed E-state index contributed by atoms with van der Waals surface area (Å²) in [6.07, 6.45) is 8.30. The average Bonchev–Trinajstić information content (AvgIpc) is 2.37. The molecule has 2 nitrogen and oxygen atoms in total. The Morgan fingerprint density at radius 1 is 1.30 bits per heavy atom. The second-order valence-corrected chi connectivity index (χ2v) is 5.90. The highest BCUT2D eigenvalue weighted by molar-refractivity contribution is 5.71. The van der Waals surface area contributed by atoms with Gasteiger partial charge in [-0.15, -0.1) is 0 Å². The lowest BCUT2D eigenvalue weighted by molar-refractivity contribution is 0.149. The van der Waals surface area contributed by atoms with Crippen LogP contribution in [0.1, 0.15) is 51.2 Å². The number of phenols is 1. The van der Waals surface area contributed by atoms with Crippen LogP contribution in [0.5, 0.6) is 11.5 Å². The summed E-state index contributed by atoms with van der Waals surface area (Å²) < 4.78 is 6.05. The fourth-order valence-corrected chi connectivity index (χ4v) is 2.59. The molecule has 108 valence electrons. The smallest absolute Gasteiger partial charge is 0.131 e. The Morgan fingerprint density at radius 3 is 2.70 bits per heavy atom. The van der Waals surface area contributed by atoms with E-state index in [1.54, 1.807) is 6.08 Å². The molecule has 0 saturated carbocycles. The summed E-state index contributed by atoms with van der Waals surface area (Å²) in [5, 5.41) is 10.2. The molecular weight excluding hydrogens is 248 g/mol. The van der Waals surface area contributed by atoms with Gasteiger partial charge in [0.25, 0.3) is 0 Å². The molecule has 1 N–H and O–H groups in total. The van der Waals surface area contributed by atoms with Gasteiger partial charge in [-0.25, -0.2) is 0 Å². The first-order chi connectivity index (χ1) is 9.47. The normalized spacial score (nSPS) is 16.1. The Balaban J connectivity index is 2.34. The summed E-state index contributed by atoms with van der Waals surface area (Å²) in [4.78, 5) is 0. The maximum atomic E-state index is 10.2. The van der Waals surface area contributed by atoms with E-state index < -0.39 is 5.60 Å². The molecule has 0 aliphatic carbocycles. The van der Waals surface area contributed by atoms with Gasteiger partial charge in [-0.1, -0.05) is 32.4 Å². The Bertz CT molecular complexity index is 539. The van der Waals surface area contributed by atoms with Crippen molar-refractivity contribution in [2.24, 2.45) is 0 Å². The van der Waals surface area contributed by atoms with Gasteiger partial charge in [0.2, 0.25) is 0 Å². The predicted molar refractivity (Wildman–Crippen MR) is 84.2 cm³/mol. The van der Waals surface area contributed by atoms with E-state index in [0.29, 0.717) is 5.75 Å². The minimum Gasteiger partial charge on any atom is -0.507 e. The maximum absolute atomic E-state index is 10.2. The van der Waals surface area contributed by atoms with Crippen LogP contribution in [0.2, 0.25) is 0 Å². The van der Waals surface area contributed by atoms with Crippen molar-refractivity contribution < 1.29 is 9.84 Å². The Labute approximate surface area is 121 Å². The van der Waals surface area contributed by atoms with E-state index in [9.17, 15) is 5.11 Å². The molecule has 0 fully saturated rings. The summed E-state index contributed by atoms with van der Waals surface area (Å²) >= 11 is 0. The third-order valence-corrected chi connectivity index (χ3v) is 3.83. The zero-order valence-electron chi connectivity index (χ0n) is 12.7. The fourth-order valence-electron chi connectivity index (χ4n) is 2.59. The Hall–Kier alpha value is -1.70. The van der Waals surface area contributed by atoms with Crippen molar-refractivity contribution in [2.45, 2.75) is 52.1 Å². The van der Waals surface area contributed by atoms with Crippen molar-refractivity contribution in [3.05, 3.63) is 41.5 Å². The predicted octanol–water partition coefficient (Wildman–Crippen LogP) is 4.87. The lowest BCUT2D eigenvalue weighted by Crippen LogP contribution is -2.32. The number of hydrogen-bond donors (Lipinski definition) is 1. The van der Waals surface area contributed by atoms with Gasteiger partial charge in [-0.05, 0) is 56.0 Å². The minimum atomic E-state index is -0.400. The maximum Gasteiger partial charge on any atom is 0.131 e. The molecule has 1 heterocycles. The molecule has 0 spiro atoms. The van der Waals surface area contributed by atoms with Crippen LogP contribution in [-0.4, -0.2) is 10.7 Å². The van der Waals surface area contributed by atoms with Crippen LogP contribution in [0, 0.1) is 0 Å². The third-order valence-electron chi connectivity index (χ3n) is 3.83. The van der Waals surface area contributed by atoms with Gasteiger partial charge >= 0.3 is 0 Å². The lowest BCUT2D eigenvalue weighted by Gasteiger charge is -2.33. The molecule has 0 bridgehead atoms. The molecule has 2 heteroatoms. The number of fused-ring (bicyclic) bond motifs is 1. The molecule has 0 atom stereocenters. The summed E-state index contributed by atoms with van der Waals surface area (Å²) in [5.41, 5.74) is 2.49. The number of ether oxygens (including phenoxy) is 1. The molecule has 0 radical (unpaired) electrons. The van der Waals surface area contributed by atoms with Crippen molar-refractivity contribution in [3.8, 4) is 11.5 Å². The van der Waals surface area contributed by atoms with E-state index in [1.165, 1.54) is 12.8 Å². The SMILES string of the molecule is C=CC1=Cc2c(O)cc(CCCCC)cc2OC1(C)C. The molecule has 2 rings (SSSR count). The molecular formula is C18H24O2. The molecule has 1 aliphatic heterocycles. The molecule has 0 saturated heterocycles. The highest BCUT2D eigenvalue weighted by Crippen LogP contribution is 2.41. The third kappa shape index (κ3) is 2.90. The first-order valence-electron chi connectivity index (χ1n) is 7.37. The average molecular weight is 272 g/mol. The number of benzene rings is 1. The largest absolute Gasteiger partial charge is 0.507 e. The van der Waals surface area contributed by atoms with Crippen LogP contribution in [0.4, 0.5) is 0 Å². The second kappa shape index (κ2) is 5.74. The van der Waals surface area contributed by atoms with Crippen LogP contribution < -0.4 is 4.74 Å². The van der Waals surface area contributed by atoms with Crippen LogP contribution in [0.3, 0.4) is 0 Å². The first kappa shape index (κ1) is 14.7. The molecule has 1 aliphatic rings. The number of rotatable bonds is 5. The second-order valence-electron chi connectivity index (χ2n) is 5.90. The van der Waals surface area contributed by atoms with E-state index >= 15 is 0 Å². The Kier molecular flexibility index (Phi) is 4.22. The van der Waals surface area contributed by atoms with E-state index in [2.05, 4.69) is 19.6 Å². The van der Waals surface area contributed by atoms with Crippen LogP contribution in [0.25, 0.3) is 6.08 Å². The van der Waals surface area contributed by atoms with E-state index in [1.807, 2.05) is 26.0 Å². The number of aromatic hydroxyl groups is 1. The van der Waals surface area contributed by atoms with Crippen molar-refractivity contribution >= 4 is 6.08 Å². The van der Waals surface area contributed by atoms with Crippen molar-refractivity contribution in [1.29, 1.82) is 0 Å². The lowest BCUT2D eigenvalue weighted by atomic mass is 9.91. The van der Waals surface area contributed by atoms with Gasteiger partial charge in [0.05, 0.1) is 5.56 Å². The standard InChI is InChI=1S/C18H24O2/c1-5-7-8-9-13-10-16(19)15-12-14(6-2)18(3,4)20-17(15)11-13/h6,10-12,19H,2,5,7-9H2,1,3-4H3. The van der Waals surface area contributed by atoms with Gasteiger partial charge in [-0.3, -0.25) is 0 Å². The monoisotopic (exact) mass is 272 g/mol. The number of phenolic OH excluding ortho intramolecular Hbond substituents is 1. The van der Waals surface area contributed by atoms with Gasteiger partial charge in [0, 0.05) is 0 Å². The molecule has 1 aromatic rings. The molecule has 0 aromatic heterocycles. The van der Waals surface area contributed by atoms with Crippen molar-refractivity contribution in [1.82, 2.24) is 0 Å². The summed E-state index contributed by atoms with van der Waals surface area (Å²) in [5.74, 6) is 1.07. The zero-order chi connectivity index (χ0) is 14.8. The van der Waals surface area contributed by atoms with Crippen molar-refractivity contribution in [3.63, 3.8) is 0 Å². The van der Waals surface area contributed by atoms with E-state index in [4.69, 9.17) is 4.74 Å². The van der Waals surface area contributed by atoms with Gasteiger partial charge < -0.3 is 9.84 Å². The van der Waals surface area contributed by atoms with Crippen LogP contribution in [-0.2, 0) is 6.42 Å². The van der Waals surface area contributed by atoms with Crippen LogP contribution in [0.15, 0.2) is 30.4 Å². The summed E-state index contributed by atoms with van der Waals surface area (Å²) in [6, 6.07) is 3.91. The van der Waals surface area contributed by atoms with E-state index in [-0.39, 0.29) is 0 Å². The highest BCUT2D eigenvalue weighted by atomic mass is 16.5. The Morgan fingerprint density at radius 2 is 2.05 bits per heavy atom. The number of unbranched alkanes of at least 4 members (excludes halogenated alkanes) is 2. The zero-order valence-corrected chi connectivity index (χ0v) is 12.7. The quantitative estimate of drug-likeness (QED) is 0.775. The molecule has 1 aromatic carbocycles. The molecule has 0 amide bonds. The number of aryl methyl sites for hydroxylation is 1.